The highest BCUT2D eigenvalue weighted by molar-refractivity contribution is 5.93. The number of rotatable bonds is 2. The normalized spacial score (nSPS) is 16.6. The number of aromatic amines is 1. The molecule has 0 atom stereocenters. The summed E-state index contributed by atoms with van der Waals surface area (Å²) in [6, 6.07) is 13.8. The van der Waals surface area contributed by atoms with Gasteiger partial charge in [0.1, 0.15) is 0 Å². The van der Waals surface area contributed by atoms with Crippen LogP contribution in [0.5, 0.6) is 5.75 Å². The SMILES string of the molecule is O=c1[nH]c2c(c3ccccc13)Cc1c(ON3CCOCC3)cccc1-2. The molecule has 5 heteroatoms. The third-order valence-electron chi connectivity index (χ3n) is 4.99. The van der Waals surface area contributed by atoms with Gasteiger partial charge in [0.2, 0.25) is 0 Å². The zero-order valence-corrected chi connectivity index (χ0v) is 13.7. The van der Waals surface area contributed by atoms with E-state index in [2.05, 4.69) is 11.1 Å². The van der Waals surface area contributed by atoms with Crippen LogP contribution < -0.4 is 10.4 Å². The van der Waals surface area contributed by atoms with Crippen LogP contribution in [0.4, 0.5) is 0 Å². The number of nitrogens with zero attached hydrogens (tertiary/aromatic N) is 1. The third-order valence-corrected chi connectivity index (χ3v) is 4.99. The number of morpholine rings is 1. The lowest BCUT2D eigenvalue weighted by molar-refractivity contribution is -0.118. The Labute approximate surface area is 144 Å². The average Bonchev–Trinajstić information content (AvgIpc) is 3.03. The molecule has 1 aliphatic heterocycles. The second-order valence-electron chi connectivity index (χ2n) is 6.44. The first kappa shape index (κ1) is 14.7. The van der Waals surface area contributed by atoms with Crippen molar-refractivity contribution >= 4 is 10.8 Å². The van der Waals surface area contributed by atoms with E-state index in [1.165, 1.54) is 5.56 Å². The van der Waals surface area contributed by atoms with E-state index in [1.54, 1.807) is 0 Å². The molecule has 3 aromatic rings. The van der Waals surface area contributed by atoms with Gasteiger partial charge in [0, 0.05) is 22.9 Å². The minimum atomic E-state index is -0.0401. The highest BCUT2D eigenvalue weighted by Crippen LogP contribution is 2.42. The minimum Gasteiger partial charge on any atom is -0.406 e. The van der Waals surface area contributed by atoms with Gasteiger partial charge in [0.05, 0.1) is 32.0 Å². The van der Waals surface area contributed by atoms with Crippen molar-refractivity contribution in [2.24, 2.45) is 0 Å². The van der Waals surface area contributed by atoms with E-state index in [4.69, 9.17) is 9.57 Å². The Hall–Kier alpha value is -2.63. The van der Waals surface area contributed by atoms with E-state index in [0.717, 1.165) is 52.9 Å². The third kappa shape index (κ3) is 2.35. The number of H-pyrrole nitrogens is 1. The van der Waals surface area contributed by atoms with Crippen LogP contribution in [0.2, 0.25) is 0 Å². The molecule has 1 aliphatic carbocycles. The van der Waals surface area contributed by atoms with Crippen LogP contribution in [0.3, 0.4) is 0 Å². The molecule has 0 saturated carbocycles. The molecule has 0 radical (unpaired) electrons. The molecule has 25 heavy (non-hydrogen) atoms. The molecular formula is C20H18N2O3. The molecule has 126 valence electrons. The molecule has 1 saturated heterocycles. The molecule has 0 spiro atoms. The first-order valence-electron chi connectivity index (χ1n) is 8.58. The van der Waals surface area contributed by atoms with E-state index in [-0.39, 0.29) is 5.56 Å². The standard InChI is InChI=1S/C20H18N2O3/c23-20-15-5-2-1-4-13(15)17-12-16-14(19(17)21-20)6-3-7-18(16)25-22-8-10-24-11-9-22/h1-7H,8-12H2,(H,21,23). The molecular weight excluding hydrogens is 316 g/mol. The molecule has 2 aromatic carbocycles. The highest BCUT2D eigenvalue weighted by atomic mass is 16.7. The maximum absolute atomic E-state index is 12.4. The van der Waals surface area contributed by atoms with Gasteiger partial charge < -0.3 is 14.6 Å². The zero-order valence-electron chi connectivity index (χ0n) is 13.7. The van der Waals surface area contributed by atoms with Crippen molar-refractivity contribution in [3.05, 3.63) is 63.9 Å². The van der Waals surface area contributed by atoms with E-state index in [9.17, 15) is 4.79 Å². The number of benzene rings is 2. The Morgan fingerprint density at radius 3 is 2.60 bits per heavy atom. The van der Waals surface area contributed by atoms with Gasteiger partial charge in [-0.15, -0.1) is 5.06 Å². The zero-order chi connectivity index (χ0) is 16.8. The Morgan fingerprint density at radius 2 is 1.76 bits per heavy atom. The number of hydrogen-bond acceptors (Lipinski definition) is 4. The van der Waals surface area contributed by atoms with E-state index >= 15 is 0 Å². The maximum Gasteiger partial charge on any atom is 0.256 e. The van der Waals surface area contributed by atoms with Crippen molar-refractivity contribution in [3.8, 4) is 17.0 Å². The number of pyridine rings is 1. The predicted octanol–water partition coefficient (Wildman–Crippen LogP) is 2.73. The fourth-order valence-corrected chi connectivity index (χ4v) is 3.77. The molecule has 2 aliphatic rings. The lowest BCUT2D eigenvalue weighted by Crippen LogP contribution is -2.38. The lowest BCUT2D eigenvalue weighted by atomic mass is 10.0. The van der Waals surface area contributed by atoms with Gasteiger partial charge in [-0.25, -0.2) is 0 Å². The second-order valence-corrected chi connectivity index (χ2v) is 6.44. The van der Waals surface area contributed by atoms with Crippen molar-refractivity contribution in [2.45, 2.75) is 6.42 Å². The highest BCUT2D eigenvalue weighted by Gasteiger charge is 2.26. The van der Waals surface area contributed by atoms with E-state index in [1.807, 2.05) is 41.5 Å². The van der Waals surface area contributed by atoms with Gasteiger partial charge >= 0.3 is 0 Å². The number of fused-ring (bicyclic) bond motifs is 5. The first-order chi connectivity index (χ1) is 12.3. The summed E-state index contributed by atoms with van der Waals surface area (Å²) in [5, 5.41) is 3.71. The van der Waals surface area contributed by atoms with Gasteiger partial charge in [0.25, 0.3) is 5.56 Å². The Morgan fingerprint density at radius 1 is 0.960 bits per heavy atom. The topological polar surface area (TPSA) is 54.6 Å². The summed E-state index contributed by atoms with van der Waals surface area (Å²) in [5.74, 6) is 0.862. The van der Waals surface area contributed by atoms with Crippen molar-refractivity contribution in [2.75, 3.05) is 26.3 Å². The van der Waals surface area contributed by atoms with Crippen molar-refractivity contribution in [1.82, 2.24) is 10.0 Å². The Balaban J connectivity index is 1.61. The summed E-state index contributed by atoms with van der Waals surface area (Å²) in [6.07, 6.45) is 0.766. The van der Waals surface area contributed by atoms with Crippen LogP contribution in [0.1, 0.15) is 11.1 Å². The second kappa shape index (κ2) is 5.72. The minimum absolute atomic E-state index is 0.0401. The largest absolute Gasteiger partial charge is 0.406 e. The van der Waals surface area contributed by atoms with E-state index < -0.39 is 0 Å². The average molecular weight is 334 g/mol. The number of hydrogen-bond donors (Lipinski definition) is 1. The fourth-order valence-electron chi connectivity index (χ4n) is 3.77. The van der Waals surface area contributed by atoms with Crippen molar-refractivity contribution in [3.63, 3.8) is 0 Å². The molecule has 1 aromatic heterocycles. The van der Waals surface area contributed by atoms with Crippen LogP contribution >= 0.6 is 0 Å². The van der Waals surface area contributed by atoms with Crippen LogP contribution in [0.15, 0.2) is 47.3 Å². The molecule has 1 fully saturated rings. The number of ether oxygens (including phenoxy) is 1. The van der Waals surface area contributed by atoms with Crippen molar-refractivity contribution in [1.29, 1.82) is 0 Å². The predicted molar refractivity (Wildman–Crippen MR) is 95.8 cm³/mol. The summed E-state index contributed by atoms with van der Waals surface area (Å²) < 4.78 is 5.38. The van der Waals surface area contributed by atoms with Gasteiger partial charge in [0.15, 0.2) is 5.75 Å². The molecule has 5 rings (SSSR count). The van der Waals surface area contributed by atoms with Crippen LogP contribution in [-0.2, 0) is 11.2 Å². The summed E-state index contributed by atoms with van der Waals surface area (Å²) >= 11 is 0. The summed E-state index contributed by atoms with van der Waals surface area (Å²) in [4.78, 5) is 21.6. The smallest absolute Gasteiger partial charge is 0.256 e. The Kier molecular flexibility index (Phi) is 3.36. The number of nitrogens with one attached hydrogen (secondary N) is 1. The molecule has 0 unspecified atom stereocenters. The van der Waals surface area contributed by atoms with Gasteiger partial charge in [-0.3, -0.25) is 4.79 Å². The summed E-state index contributed by atoms with van der Waals surface area (Å²) in [5.41, 5.74) is 4.25. The summed E-state index contributed by atoms with van der Waals surface area (Å²) in [7, 11) is 0. The van der Waals surface area contributed by atoms with E-state index in [0.29, 0.717) is 13.2 Å². The number of aromatic nitrogens is 1. The van der Waals surface area contributed by atoms with Gasteiger partial charge in [-0.05, 0) is 23.1 Å². The fraction of sp³-hybridized carbons (Fsp3) is 0.250. The van der Waals surface area contributed by atoms with Crippen LogP contribution in [0, 0.1) is 0 Å². The monoisotopic (exact) mass is 334 g/mol. The van der Waals surface area contributed by atoms with Crippen LogP contribution in [-0.4, -0.2) is 36.4 Å². The quantitative estimate of drug-likeness (QED) is 0.612. The molecule has 0 amide bonds. The molecule has 2 heterocycles. The first-order valence-corrected chi connectivity index (χ1v) is 8.58. The number of hydroxylamine groups is 2. The molecule has 0 bridgehead atoms. The molecule has 5 nitrogen and oxygen atoms in total. The lowest BCUT2D eigenvalue weighted by Gasteiger charge is -2.27. The van der Waals surface area contributed by atoms with Gasteiger partial charge in [-0.2, -0.15) is 0 Å². The summed E-state index contributed by atoms with van der Waals surface area (Å²) in [6.45, 7) is 2.90. The molecule has 1 N–H and O–H groups in total. The van der Waals surface area contributed by atoms with Crippen molar-refractivity contribution < 1.29 is 9.57 Å². The maximum atomic E-state index is 12.4. The Bertz CT molecular complexity index is 1020. The van der Waals surface area contributed by atoms with Gasteiger partial charge in [-0.1, -0.05) is 30.3 Å². The van der Waals surface area contributed by atoms with Crippen LogP contribution in [0.25, 0.3) is 22.0 Å².